The highest BCUT2D eigenvalue weighted by molar-refractivity contribution is 5.92. The molecule has 28 heavy (non-hydrogen) atoms. The van der Waals surface area contributed by atoms with Crippen molar-refractivity contribution in [2.45, 2.75) is 13.5 Å². The molecule has 0 spiro atoms. The number of aromatic hydroxyl groups is 1. The van der Waals surface area contributed by atoms with Gasteiger partial charge in [0.15, 0.2) is 6.61 Å². The van der Waals surface area contributed by atoms with Crippen LogP contribution in [0.3, 0.4) is 0 Å². The van der Waals surface area contributed by atoms with Crippen molar-refractivity contribution in [3.63, 3.8) is 0 Å². The molecule has 0 aromatic heterocycles. The zero-order valence-electron chi connectivity index (χ0n) is 15.4. The van der Waals surface area contributed by atoms with Crippen molar-refractivity contribution in [1.29, 1.82) is 0 Å². The Morgan fingerprint density at radius 1 is 1.07 bits per heavy atom. The average molecular weight is 388 g/mol. The van der Waals surface area contributed by atoms with Gasteiger partial charge in [0.2, 0.25) is 5.91 Å². The summed E-state index contributed by atoms with van der Waals surface area (Å²) < 4.78 is 17.8. The minimum atomic E-state index is -0.704. The molecule has 0 aliphatic carbocycles. The fourth-order valence-corrected chi connectivity index (χ4v) is 2.31. The number of nitrogens with one attached hydrogen (secondary N) is 1. The van der Waals surface area contributed by atoms with Gasteiger partial charge in [-0.25, -0.2) is 9.18 Å². The molecule has 0 fully saturated rings. The second kappa shape index (κ2) is 10.1. The Morgan fingerprint density at radius 3 is 2.32 bits per heavy atom. The first kappa shape index (κ1) is 20.9. The number of amides is 2. The molecule has 2 rings (SSSR count). The molecule has 0 bridgehead atoms. The van der Waals surface area contributed by atoms with Crippen LogP contribution < -0.4 is 5.32 Å². The molecular weight excluding hydrogens is 367 g/mol. The van der Waals surface area contributed by atoms with E-state index in [2.05, 4.69) is 5.32 Å². The zero-order chi connectivity index (χ0) is 20.5. The van der Waals surface area contributed by atoms with Crippen molar-refractivity contribution in [3.05, 3.63) is 65.5 Å². The number of likely N-dealkylation sites (N-methyl/N-ethyl adjacent to an activating group) is 1. The third kappa shape index (κ3) is 6.39. The number of rotatable bonds is 8. The Balaban J connectivity index is 1.79. The molecule has 0 heterocycles. The molecule has 8 heteroatoms. The number of benzene rings is 2. The number of carbonyl (C=O) groups excluding carboxylic acids is 3. The number of phenolic OH excluding ortho intramolecular Hbond substituents is 1. The van der Waals surface area contributed by atoms with Gasteiger partial charge in [-0.1, -0.05) is 12.1 Å². The van der Waals surface area contributed by atoms with Gasteiger partial charge in [-0.05, 0) is 48.9 Å². The van der Waals surface area contributed by atoms with E-state index in [1.165, 1.54) is 41.3 Å². The molecular formula is C20H21FN2O5. The molecule has 2 N–H and O–H groups in total. The summed E-state index contributed by atoms with van der Waals surface area (Å²) in [6, 6.07) is 11.1. The SMILES string of the molecule is CCN(CC(=O)NCc1ccc(F)cc1)C(=O)COC(=O)c1ccc(O)cc1. The maximum Gasteiger partial charge on any atom is 0.338 e. The maximum absolute atomic E-state index is 12.9. The lowest BCUT2D eigenvalue weighted by Gasteiger charge is -2.20. The van der Waals surface area contributed by atoms with Crippen molar-refractivity contribution in [2.75, 3.05) is 19.7 Å². The summed E-state index contributed by atoms with van der Waals surface area (Å²) in [4.78, 5) is 37.4. The maximum atomic E-state index is 12.9. The first-order valence-corrected chi connectivity index (χ1v) is 8.64. The van der Waals surface area contributed by atoms with E-state index in [0.29, 0.717) is 0 Å². The average Bonchev–Trinajstić information content (AvgIpc) is 2.70. The van der Waals surface area contributed by atoms with Crippen molar-refractivity contribution < 1.29 is 28.6 Å². The highest BCUT2D eigenvalue weighted by atomic mass is 19.1. The highest BCUT2D eigenvalue weighted by Crippen LogP contribution is 2.10. The third-order valence-electron chi connectivity index (χ3n) is 3.90. The monoisotopic (exact) mass is 388 g/mol. The molecule has 0 unspecified atom stereocenters. The van der Waals surface area contributed by atoms with Gasteiger partial charge in [-0.15, -0.1) is 0 Å². The number of halogens is 1. The van der Waals surface area contributed by atoms with Crippen molar-refractivity contribution >= 4 is 17.8 Å². The van der Waals surface area contributed by atoms with Gasteiger partial charge in [-0.3, -0.25) is 9.59 Å². The predicted octanol–water partition coefficient (Wildman–Crippen LogP) is 1.85. The van der Waals surface area contributed by atoms with Crippen LogP contribution in [0.4, 0.5) is 4.39 Å². The molecule has 7 nitrogen and oxygen atoms in total. The van der Waals surface area contributed by atoms with E-state index in [9.17, 15) is 23.9 Å². The molecule has 0 saturated carbocycles. The molecule has 0 aliphatic heterocycles. The normalized spacial score (nSPS) is 10.2. The minimum Gasteiger partial charge on any atom is -0.508 e. The van der Waals surface area contributed by atoms with E-state index in [-0.39, 0.29) is 42.7 Å². The van der Waals surface area contributed by atoms with Gasteiger partial charge in [0.1, 0.15) is 11.6 Å². The topological polar surface area (TPSA) is 95.9 Å². The Kier molecular flexibility index (Phi) is 7.50. The van der Waals surface area contributed by atoms with Crippen molar-refractivity contribution in [2.24, 2.45) is 0 Å². The molecule has 0 aliphatic rings. The van der Waals surface area contributed by atoms with Crippen molar-refractivity contribution in [3.8, 4) is 5.75 Å². The van der Waals surface area contributed by atoms with E-state index >= 15 is 0 Å². The highest BCUT2D eigenvalue weighted by Gasteiger charge is 2.18. The van der Waals surface area contributed by atoms with Crippen LogP contribution in [0.5, 0.6) is 5.75 Å². The Bertz CT molecular complexity index is 821. The molecule has 2 aromatic rings. The summed E-state index contributed by atoms with van der Waals surface area (Å²) in [7, 11) is 0. The zero-order valence-corrected chi connectivity index (χ0v) is 15.4. The summed E-state index contributed by atoms with van der Waals surface area (Å²) in [6.07, 6.45) is 0. The lowest BCUT2D eigenvalue weighted by molar-refractivity contribution is -0.138. The number of nitrogens with zero attached hydrogens (tertiary/aromatic N) is 1. The fourth-order valence-electron chi connectivity index (χ4n) is 2.31. The second-order valence-corrected chi connectivity index (χ2v) is 5.93. The van der Waals surface area contributed by atoms with Crippen molar-refractivity contribution in [1.82, 2.24) is 10.2 Å². The van der Waals surface area contributed by atoms with Crippen LogP contribution in [0.15, 0.2) is 48.5 Å². The predicted molar refractivity (Wildman–Crippen MR) is 98.9 cm³/mol. The van der Waals surface area contributed by atoms with Crippen LogP contribution in [0, 0.1) is 5.82 Å². The van der Waals surface area contributed by atoms with Gasteiger partial charge < -0.3 is 20.1 Å². The van der Waals surface area contributed by atoms with Crippen LogP contribution in [0.1, 0.15) is 22.8 Å². The molecule has 0 radical (unpaired) electrons. The first-order valence-electron chi connectivity index (χ1n) is 8.64. The van der Waals surface area contributed by atoms with E-state index in [0.717, 1.165) is 5.56 Å². The molecule has 2 amide bonds. The lowest BCUT2D eigenvalue weighted by atomic mass is 10.2. The van der Waals surface area contributed by atoms with Crippen LogP contribution in [0.25, 0.3) is 0 Å². The largest absolute Gasteiger partial charge is 0.508 e. The standard InChI is InChI=1S/C20H21FN2O5/c1-2-23(12-18(25)22-11-14-3-7-16(21)8-4-14)19(26)13-28-20(27)15-5-9-17(24)10-6-15/h3-10,24H,2,11-13H2,1H3,(H,22,25). The Labute approximate surface area is 161 Å². The van der Waals surface area contributed by atoms with Crippen LogP contribution in [-0.4, -0.2) is 47.5 Å². The number of esters is 1. The number of carbonyl (C=O) groups is 3. The van der Waals surface area contributed by atoms with Crippen LogP contribution in [0.2, 0.25) is 0 Å². The van der Waals surface area contributed by atoms with Gasteiger partial charge in [0.05, 0.1) is 12.1 Å². The molecule has 2 aromatic carbocycles. The molecule has 148 valence electrons. The first-order chi connectivity index (χ1) is 13.4. The summed E-state index contributed by atoms with van der Waals surface area (Å²) in [6.45, 7) is 1.49. The number of hydrogen-bond acceptors (Lipinski definition) is 5. The van der Waals surface area contributed by atoms with Gasteiger partial charge in [0, 0.05) is 13.1 Å². The number of ether oxygens (including phenoxy) is 1. The Morgan fingerprint density at radius 2 is 1.71 bits per heavy atom. The summed E-state index contributed by atoms with van der Waals surface area (Å²) in [5, 5.41) is 11.9. The summed E-state index contributed by atoms with van der Waals surface area (Å²) in [5.74, 6) is -1.95. The van der Waals surface area contributed by atoms with E-state index < -0.39 is 18.5 Å². The van der Waals surface area contributed by atoms with E-state index in [1.807, 2.05) is 0 Å². The Hall–Kier alpha value is -3.42. The third-order valence-corrected chi connectivity index (χ3v) is 3.90. The van der Waals surface area contributed by atoms with E-state index in [1.54, 1.807) is 19.1 Å². The smallest absolute Gasteiger partial charge is 0.338 e. The van der Waals surface area contributed by atoms with E-state index in [4.69, 9.17) is 4.74 Å². The van der Waals surface area contributed by atoms with Crippen LogP contribution >= 0.6 is 0 Å². The minimum absolute atomic E-state index is 0.0106. The second-order valence-electron chi connectivity index (χ2n) is 5.93. The fraction of sp³-hybridized carbons (Fsp3) is 0.250. The summed E-state index contributed by atoms with van der Waals surface area (Å²) in [5.41, 5.74) is 0.928. The van der Waals surface area contributed by atoms with Gasteiger partial charge >= 0.3 is 5.97 Å². The molecule has 0 atom stereocenters. The molecule has 0 saturated heterocycles. The number of hydrogen-bond donors (Lipinski definition) is 2. The van der Waals surface area contributed by atoms with Crippen LogP contribution in [-0.2, 0) is 20.9 Å². The summed E-state index contributed by atoms with van der Waals surface area (Å²) >= 11 is 0. The lowest BCUT2D eigenvalue weighted by Crippen LogP contribution is -2.42. The number of phenols is 1. The van der Waals surface area contributed by atoms with Gasteiger partial charge in [0.25, 0.3) is 5.91 Å². The van der Waals surface area contributed by atoms with Gasteiger partial charge in [-0.2, -0.15) is 0 Å². The quantitative estimate of drug-likeness (QED) is 0.673.